The van der Waals surface area contributed by atoms with Crippen LogP contribution in [0.5, 0.6) is 5.75 Å². The van der Waals surface area contributed by atoms with Crippen molar-refractivity contribution in [1.29, 1.82) is 0 Å². The summed E-state index contributed by atoms with van der Waals surface area (Å²) in [5, 5.41) is 59.1. The number of aromatic amines is 1. The van der Waals surface area contributed by atoms with Crippen LogP contribution < -0.4 is 43.0 Å². The highest BCUT2D eigenvalue weighted by atomic mass is 32.2. The standard InChI is InChI=1S/C39H54N10O14S/c1-4-16(2)31-36(60)42-10-29(55)43-25-15-64(63)38-20(19-6-5-18(51)7-22(19)46-38)8-23(34(58)41-11-30(56)47-31)44-37(61)32(17(3)27(53)14-50)48-33(57)21-12-49(13-26(21)52)39(62)24(9-28(40)54)45-35(25)59/h5-7,16-17,21,23-27,31-32,46,50-53H,4,8-15H2,1-3H3,(H2,40,54)(H,41,58)(H,42,60)(H,43,55)(H,44,61)(H,45,59)(H,47,56)(H,48,57)/t16?,17?,21?,23-,24-,25+,26?,27-,31-,32?,64?/m0/s1. The number of primary amides is 1. The molecule has 0 saturated carbocycles. The lowest BCUT2D eigenvalue weighted by molar-refractivity contribution is -0.139. The Kier molecular flexibility index (Phi) is 16.0. The van der Waals surface area contributed by atoms with E-state index in [0.717, 1.165) is 4.90 Å². The van der Waals surface area contributed by atoms with E-state index < -0.39 is 176 Å². The fourth-order valence-electron chi connectivity index (χ4n) is 7.65. The highest BCUT2D eigenvalue weighted by molar-refractivity contribution is 7.85. The number of nitrogens with one attached hydrogen (secondary N) is 8. The van der Waals surface area contributed by atoms with Crippen LogP contribution in [0.3, 0.4) is 0 Å². The van der Waals surface area contributed by atoms with E-state index in [4.69, 9.17) is 5.73 Å². The van der Waals surface area contributed by atoms with E-state index in [1.54, 1.807) is 13.8 Å². The average Bonchev–Trinajstić information content (AvgIpc) is 3.82. The number of aliphatic hydroxyl groups is 3. The Hall–Kier alpha value is -6.18. The van der Waals surface area contributed by atoms with Crippen LogP contribution in [0.25, 0.3) is 10.9 Å². The summed E-state index contributed by atoms with van der Waals surface area (Å²) >= 11 is 0. The zero-order valence-electron chi connectivity index (χ0n) is 35.2. The molecule has 2 aromatic rings. The van der Waals surface area contributed by atoms with Crippen molar-refractivity contribution < 1.29 is 67.8 Å². The number of hydrogen-bond donors (Lipinski definition) is 13. The summed E-state index contributed by atoms with van der Waals surface area (Å²) in [6.45, 7) is 1.27. The molecule has 4 heterocycles. The second-order valence-corrected chi connectivity index (χ2v) is 17.6. The van der Waals surface area contributed by atoms with E-state index in [-0.39, 0.29) is 27.2 Å². The van der Waals surface area contributed by atoms with Crippen molar-refractivity contribution in [2.24, 2.45) is 23.5 Å². The SMILES string of the molecule is CCC(C)[C@@H]1NC(=O)CNC(=O)[C@@H]2Cc3c([nH]c4cc(O)ccc34)S(=O)C[C@@H](NC(=O)CNC1=O)C(=O)N[C@@H](CC(N)=O)C(=O)N1CC(O)C(C1)C(=O)NC(C(C)[C@@H](O)CO)C(=O)N2. The summed E-state index contributed by atoms with van der Waals surface area (Å²) in [4.78, 5) is 127. The van der Waals surface area contributed by atoms with Crippen molar-refractivity contribution in [3.8, 4) is 5.75 Å². The summed E-state index contributed by atoms with van der Waals surface area (Å²) in [5.41, 5.74) is 5.70. The van der Waals surface area contributed by atoms with Gasteiger partial charge in [0.2, 0.25) is 53.2 Å². The molecule has 1 saturated heterocycles. The van der Waals surface area contributed by atoms with Crippen LogP contribution in [0.1, 0.15) is 39.2 Å². The van der Waals surface area contributed by atoms with Crippen molar-refractivity contribution in [2.75, 3.05) is 38.5 Å². The largest absolute Gasteiger partial charge is 0.508 e. The number of hydrogen-bond acceptors (Lipinski definition) is 14. The monoisotopic (exact) mass is 918 g/mol. The van der Waals surface area contributed by atoms with Gasteiger partial charge in [0, 0.05) is 36.9 Å². The second kappa shape index (κ2) is 21.0. The number of nitrogens with two attached hydrogens (primary N) is 1. The highest BCUT2D eigenvalue weighted by Crippen LogP contribution is 2.30. The van der Waals surface area contributed by atoms with Crippen molar-refractivity contribution in [1.82, 2.24) is 47.1 Å². The first kappa shape index (κ1) is 48.8. The Morgan fingerprint density at radius 2 is 1.53 bits per heavy atom. The normalized spacial score (nSPS) is 28.5. The van der Waals surface area contributed by atoms with E-state index in [0.29, 0.717) is 6.42 Å². The zero-order chi connectivity index (χ0) is 47.2. The lowest BCUT2D eigenvalue weighted by Gasteiger charge is -2.30. The summed E-state index contributed by atoms with van der Waals surface area (Å²) in [6, 6.07) is -4.30. The van der Waals surface area contributed by atoms with Gasteiger partial charge >= 0.3 is 0 Å². The number of H-pyrrole nitrogens is 1. The topological polar surface area (TPSA) is 381 Å². The van der Waals surface area contributed by atoms with Crippen molar-refractivity contribution in [2.45, 2.75) is 87.5 Å². The molecule has 64 heavy (non-hydrogen) atoms. The molecule has 0 spiro atoms. The van der Waals surface area contributed by atoms with Crippen LogP contribution in [-0.4, -0.2) is 169 Å². The van der Waals surface area contributed by atoms with Crippen molar-refractivity contribution >= 4 is 74.9 Å². The Morgan fingerprint density at radius 3 is 2.19 bits per heavy atom. The summed E-state index contributed by atoms with van der Waals surface area (Å²) in [6.07, 6.45) is -4.18. The number of aliphatic hydroxyl groups excluding tert-OH is 3. The van der Waals surface area contributed by atoms with Gasteiger partial charge in [-0.05, 0) is 23.6 Å². The molecule has 24 nitrogen and oxygen atoms in total. The van der Waals surface area contributed by atoms with Gasteiger partial charge in [-0.15, -0.1) is 0 Å². The number of amides is 9. The van der Waals surface area contributed by atoms with Crippen molar-refractivity contribution in [3.05, 3.63) is 23.8 Å². The molecule has 1 aromatic carbocycles. The first-order chi connectivity index (χ1) is 30.2. The molecule has 11 atom stereocenters. The van der Waals surface area contributed by atoms with E-state index in [9.17, 15) is 67.8 Å². The summed E-state index contributed by atoms with van der Waals surface area (Å²) in [7, 11) is -2.38. The molecule has 0 radical (unpaired) electrons. The average molecular weight is 919 g/mol. The van der Waals surface area contributed by atoms with Crippen LogP contribution in [0, 0.1) is 17.8 Å². The minimum absolute atomic E-state index is 0.0749. The van der Waals surface area contributed by atoms with Gasteiger partial charge in [-0.2, -0.15) is 0 Å². The van der Waals surface area contributed by atoms with Gasteiger partial charge < -0.3 is 73.3 Å². The number of nitrogens with zero attached hydrogens (tertiary/aromatic N) is 1. The van der Waals surface area contributed by atoms with Gasteiger partial charge in [-0.1, -0.05) is 27.2 Å². The van der Waals surface area contributed by atoms with Gasteiger partial charge in [-0.25, -0.2) is 0 Å². The first-order valence-corrected chi connectivity index (χ1v) is 21.9. The van der Waals surface area contributed by atoms with Gasteiger partial charge in [-0.3, -0.25) is 47.4 Å². The number of aromatic nitrogens is 1. The highest BCUT2D eigenvalue weighted by Gasteiger charge is 2.44. The minimum atomic E-state index is -2.38. The zero-order valence-corrected chi connectivity index (χ0v) is 36.0. The maximum atomic E-state index is 14.6. The Morgan fingerprint density at radius 1 is 0.859 bits per heavy atom. The second-order valence-electron chi connectivity index (χ2n) is 16.2. The van der Waals surface area contributed by atoms with Crippen molar-refractivity contribution in [3.63, 3.8) is 0 Å². The lowest BCUT2D eigenvalue weighted by atomic mass is 9.93. The number of carbonyl (C=O) groups is 9. The fraction of sp³-hybridized carbons (Fsp3) is 0.564. The minimum Gasteiger partial charge on any atom is -0.508 e. The molecule has 0 aliphatic carbocycles. The molecule has 14 N–H and O–H groups in total. The predicted octanol–water partition coefficient (Wildman–Crippen LogP) is -6.06. The maximum Gasteiger partial charge on any atom is 0.245 e. The molecule has 3 aliphatic heterocycles. The maximum absolute atomic E-state index is 14.6. The molecule has 5 rings (SSSR count). The summed E-state index contributed by atoms with van der Waals surface area (Å²) < 4.78 is 14.6. The van der Waals surface area contributed by atoms with Gasteiger partial charge in [0.1, 0.15) is 41.0 Å². The number of benzene rings is 1. The molecule has 350 valence electrons. The van der Waals surface area contributed by atoms with Crippen LogP contribution in [0.4, 0.5) is 0 Å². The smallest absolute Gasteiger partial charge is 0.245 e. The first-order valence-electron chi connectivity index (χ1n) is 20.5. The third kappa shape index (κ3) is 11.5. The number of aromatic hydroxyl groups is 1. The number of phenolic OH excluding ortho intramolecular Hbond substituents is 1. The Bertz CT molecular complexity index is 2200. The number of fused-ring (bicyclic) bond motifs is 6. The van der Waals surface area contributed by atoms with Crippen LogP contribution in [0.2, 0.25) is 0 Å². The molecular formula is C39H54N10O14S. The number of rotatable bonds is 7. The third-order valence-corrected chi connectivity index (χ3v) is 13.0. The summed E-state index contributed by atoms with van der Waals surface area (Å²) in [5.74, 6) is -13.2. The van der Waals surface area contributed by atoms with E-state index in [2.05, 4.69) is 42.2 Å². The number of carbonyl (C=O) groups excluding carboxylic acids is 9. The van der Waals surface area contributed by atoms with Crippen LogP contribution >= 0.6 is 0 Å². The molecule has 1 aromatic heterocycles. The van der Waals surface area contributed by atoms with Gasteiger partial charge in [0.25, 0.3) is 0 Å². The molecule has 25 heteroatoms. The fourth-order valence-corrected chi connectivity index (χ4v) is 9.05. The molecule has 4 bridgehead atoms. The molecule has 1 fully saturated rings. The Balaban J connectivity index is 1.72. The predicted molar refractivity (Wildman–Crippen MR) is 222 cm³/mol. The van der Waals surface area contributed by atoms with E-state index in [1.807, 2.05) is 0 Å². The van der Waals surface area contributed by atoms with E-state index >= 15 is 0 Å². The third-order valence-electron chi connectivity index (χ3n) is 11.6. The van der Waals surface area contributed by atoms with Crippen LogP contribution in [0.15, 0.2) is 23.2 Å². The number of phenols is 1. The quantitative estimate of drug-likeness (QED) is 0.123. The molecular weight excluding hydrogens is 865 g/mol. The molecule has 9 amide bonds. The van der Waals surface area contributed by atoms with Gasteiger partial charge in [0.15, 0.2) is 0 Å². The van der Waals surface area contributed by atoms with E-state index in [1.165, 1.54) is 25.1 Å². The van der Waals surface area contributed by atoms with Gasteiger partial charge in [0.05, 0.1) is 66.3 Å². The lowest BCUT2D eigenvalue weighted by Crippen LogP contribution is -2.59. The molecule has 3 aliphatic rings. The Labute approximate surface area is 368 Å². The molecule has 6 unspecified atom stereocenters. The van der Waals surface area contributed by atoms with Crippen LogP contribution in [-0.2, 0) is 60.4 Å².